The van der Waals surface area contributed by atoms with E-state index in [2.05, 4.69) is 25.7 Å². The molecule has 1 unspecified atom stereocenters. The quantitative estimate of drug-likeness (QED) is 0.364. The van der Waals surface area contributed by atoms with Gasteiger partial charge >= 0.3 is 11.8 Å². The number of methoxy groups -OCH3 is 1. The lowest BCUT2D eigenvalue weighted by Crippen LogP contribution is -2.25. The third-order valence-corrected chi connectivity index (χ3v) is 2.26. The Labute approximate surface area is 105 Å². The number of nitro groups is 1. The Bertz CT molecular complexity index is 451. The van der Waals surface area contributed by atoms with Crippen LogP contribution in [0.25, 0.3) is 0 Å². The molecule has 1 rings (SSSR count). The molecule has 17 heavy (non-hydrogen) atoms. The highest BCUT2D eigenvalue weighted by molar-refractivity contribution is 9.10. The Morgan fingerprint density at radius 1 is 1.59 bits per heavy atom. The third-order valence-electron chi connectivity index (χ3n) is 1.82. The van der Waals surface area contributed by atoms with E-state index >= 15 is 0 Å². The minimum Gasteiger partial charge on any atom is -0.471 e. The van der Waals surface area contributed by atoms with Crippen molar-refractivity contribution in [1.82, 2.24) is 4.98 Å². The summed E-state index contributed by atoms with van der Waals surface area (Å²) in [5.41, 5.74) is 0. The number of halogens is 1. The van der Waals surface area contributed by atoms with Crippen molar-refractivity contribution in [3.8, 4) is 5.75 Å². The molecule has 0 saturated carbocycles. The summed E-state index contributed by atoms with van der Waals surface area (Å²) in [5, 5.41) is 10.7. The second kappa shape index (κ2) is 5.58. The first-order chi connectivity index (χ1) is 7.95. The standard InChI is InChI=1S/C9H9BrN2O5/c1-5(9(13)16-2)17-6-3-4-7(10)11-8(6)12(14)15/h3-5H,1-2H3. The highest BCUT2D eigenvalue weighted by Crippen LogP contribution is 2.27. The van der Waals surface area contributed by atoms with Gasteiger partial charge in [0, 0.05) is 22.0 Å². The summed E-state index contributed by atoms with van der Waals surface area (Å²) < 4.78 is 9.87. The molecule has 0 aliphatic heterocycles. The number of ether oxygens (including phenoxy) is 2. The molecule has 0 aliphatic carbocycles. The number of nitrogens with zero attached hydrogens (tertiary/aromatic N) is 2. The van der Waals surface area contributed by atoms with Crippen LogP contribution < -0.4 is 4.74 Å². The number of hydrogen-bond acceptors (Lipinski definition) is 6. The van der Waals surface area contributed by atoms with Crippen LogP contribution >= 0.6 is 15.9 Å². The van der Waals surface area contributed by atoms with Crippen LogP contribution in [0.1, 0.15) is 6.92 Å². The molecule has 0 spiro atoms. The number of hydrogen-bond donors (Lipinski definition) is 0. The first kappa shape index (κ1) is 13.4. The maximum atomic E-state index is 11.1. The van der Waals surface area contributed by atoms with Crippen molar-refractivity contribution in [2.45, 2.75) is 13.0 Å². The summed E-state index contributed by atoms with van der Waals surface area (Å²) in [5.74, 6) is -1.17. The molecule has 1 aromatic heterocycles. The molecular formula is C9H9BrN2O5. The van der Waals surface area contributed by atoms with Crippen LogP contribution in [0.2, 0.25) is 0 Å². The van der Waals surface area contributed by atoms with Crippen LogP contribution in [-0.4, -0.2) is 29.1 Å². The molecule has 1 aromatic rings. The topological polar surface area (TPSA) is 91.6 Å². The van der Waals surface area contributed by atoms with Gasteiger partial charge in [0.05, 0.1) is 7.11 Å². The van der Waals surface area contributed by atoms with E-state index in [1.165, 1.54) is 26.2 Å². The van der Waals surface area contributed by atoms with Crippen LogP contribution in [0.4, 0.5) is 5.82 Å². The predicted octanol–water partition coefficient (Wildman–Crippen LogP) is 1.69. The van der Waals surface area contributed by atoms with Gasteiger partial charge in [-0.1, -0.05) is 0 Å². The Kier molecular flexibility index (Phi) is 4.38. The molecule has 0 bridgehead atoms. The first-order valence-corrected chi connectivity index (χ1v) is 5.30. The van der Waals surface area contributed by atoms with E-state index in [4.69, 9.17) is 4.74 Å². The Balaban J connectivity index is 2.98. The molecule has 0 saturated heterocycles. The maximum Gasteiger partial charge on any atom is 0.407 e. The average Bonchev–Trinajstić information content (AvgIpc) is 2.29. The SMILES string of the molecule is COC(=O)C(C)Oc1ccc(Br)nc1[N+](=O)[O-]. The van der Waals surface area contributed by atoms with Crippen molar-refractivity contribution in [2.75, 3.05) is 7.11 Å². The zero-order valence-electron chi connectivity index (χ0n) is 9.05. The van der Waals surface area contributed by atoms with E-state index in [0.29, 0.717) is 4.60 Å². The molecule has 8 heteroatoms. The van der Waals surface area contributed by atoms with E-state index < -0.39 is 22.8 Å². The highest BCUT2D eigenvalue weighted by atomic mass is 79.9. The minimum absolute atomic E-state index is 0.0869. The van der Waals surface area contributed by atoms with Crippen molar-refractivity contribution < 1.29 is 19.2 Å². The van der Waals surface area contributed by atoms with Gasteiger partial charge in [-0.05, 0) is 22.9 Å². The van der Waals surface area contributed by atoms with Crippen LogP contribution in [0, 0.1) is 10.1 Å². The van der Waals surface area contributed by atoms with Gasteiger partial charge in [0.2, 0.25) is 10.4 Å². The van der Waals surface area contributed by atoms with Crippen molar-refractivity contribution in [2.24, 2.45) is 0 Å². The molecule has 0 aliphatic rings. The summed E-state index contributed by atoms with van der Waals surface area (Å²) in [6.07, 6.45) is -0.943. The Morgan fingerprint density at radius 2 is 2.24 bits per heavy atom. The van der Waals surface area contributed by atoms with E-state index in [1.807, 2.05) is 0 Å². The molecule has 0 aromatic carbocycles. The average molecular weight is 305 g/mol. The molecule has 0 N–H and O–H groups in total. The second-order valence-corrected chi connectivity index (χ2v) is 3.81. The molecule has 1 atom stereocenters. The fourth-order valence-electron chi connectivity index (χ4n) is 1.04. The number of esters is 1. The third kappa shape index (κ3) is 3.38. The van der Waals surface area contributed by atoms with Gasteiger partial charge < -0.3 is 19.6 Å². The summed E-state index contributed by atoms with van der Waals surface area (Å²) >= 11 is 3.01. The van der Waals surface area contributed by atoms with Crippen molar-refractivity contribution in [1.29, 1.82) is 0 Å². The summed E-state index contributed by atoms with van der Waals surface area (Å²) in [6.45, 7) is 1.43. The van der Waals surface area contributed by atoms with Gasteiger partial charge in [-0.25, -0.2) is 4.79 Å². The summed E-state index contributed by atoms with van der Waals surface area (Å²) in [4.78, 5) is 24.8. The number of rotatable bonds is 4. The fourth-order valence-corrected chi connectivity index (χ4v) is 1.34. The Morgan fingerprint density at radius 3 is 2.76 bits per heavy atom. The number of carbonyl (C=O) groups excluding carboxylic acids is 1. The van der Waals surface area contributed by atoms with Crippen molar-refractivity contribution >= 4 is 27.7 Å². The van der Waals surface area contributed by atoms with Crippen LogP contribution in [0.3, 0.4) is 0 Å². The lowest BCUT2D eigenvalue weighted by molar-refractivity contribution is -0.390. The summed E-state index contributed by atoms with van der Waals surface area (Å²) in [7, 11) is 1.20. The predicted molar refractivity (Wildman–Crippen MR) is 60.7 cm³/mol. The minimum atomic E-state index is -0.943. The first-order valence-electron chi connectivity index (χ1n) is 4.51. The second-order valence-electron chi connectivity index (χ2n) is 3.00. The smallest absolute Gasteiger partial charge is 0.407 e. The van der Waals surface area contributed by atoms with Gasteiger partial charge in [-0.2, -0.15) is 0 Å². The van der Waals surface area contributed by atoms with E-state index in [1.54, 1.807) is 0 Å². The van der Waals surface area contributed by atoms with Crippen LogP contribution in [0.5, 0.6) is 5.75 Å². The van der Waals surface area contributed by atoms with Gasteiger partial charge in [-0.15, -0.1) is 0 Å². The lowest BCUT2D eigenvalue weighted by Gasteiger charge is -2.11. The van der Waals surface area contributed by atoms with Crippen LogP contribution in [0.15, 0.2) is 16.7 Å². The lowest BCUT2D eigenvalue weighted by atomic mass is 10.4. The monoisotopic (exact) mass is 304 g/mol. The molecule has 0 fully saturated rings. The number of aromatic nitrogens is 1. The molecule has 1 heterocycles. The molecule has 0 amide bonds. The largest absolute Gasteiger partial charge is 0.471 e. The van der Waals surface area contributed by atoms with Gasteiger partial charge in [0.1, 0.15) is 0 Å². The molecule has 7 nitrogen and oxygen atoms in total. The van der Waals surface area contributed by atoms with Gasteiger partial charge in [0.25, 0.3) is 0 Å². The summed E-state index contributed by atoms with van der Waals surface area (Å²) in [6, 6.07) is 2.83. The van der Waals surface area contributed by atoms with E-state index in [9.17, 15) is 14.9 Å². The van der Waals surface area contributed by atoms with Gasteiger partial charge in [-0.3, -0.25) is 0 Å². The highest BCUT2D eigenvalue weighted by Gasteiger charge is 2.23. The van der Waals surface area contributed by atoms with Gasteiger partial charge in [0.15, 0.2) is 6.10 Å². The normalized spacial score (nSPS) is 11.7. The van der Waals surface area contributed by atoms with Crippen molar-refractivity contribution in [3.05, 3.63) is 26.9 Å². The molecule has 0 radical (unpaired) electrons. The number of carbonyl (C=O) groups is 1. The fraction of sp³-hybridized carbons (Fsp3) is 0.333. The zero-order chi connectivity index (χ0) is 13.0. The van der Waals surface area contributed by atoms with E-state index in [0.717, 1.165) is 0 Å². The zero-order valence-corrected chi connectivity index (χ0v) is 10.6. The number of pyridine rings is 1. The van der Waals surface area contributed by atoms with Crippen molar-refractivity contribution in [3.63, 3.8) is 0 Å². The van der Waals surface area contributed by atoms with E-state index in [-0.39, 0.29) is 5.75 Å². The van der Waals surface area contributed by atoms with Crippen LogP contribution in [-0.2, 0) is 9.53 Å². The Hall–Kier alpha value is -1.70. The molecule has 92 valence electrons. The maximum absolute atomic E-state index is 11.1. The molecular weight excluding hydrogens is 296 g/mol.